The third-order valence-electron chi connectivity index (χ3n) is 2.37. The van der Waals surface area contributed by atoms with E-state index in [0.29, 0.717) is 0 Å². The van der Waals surface area contributed by atoms with Gasteiger partial charge in [-0.15, -0.1) is 0 Å². The van der Waals surface area contributed by atoms with E-state index in [1.807, 2.05) is 19.9 Å². The molecule has 0 spiro atoms. The predicted octanol–water partition coefficient (Wildman–Crippen LogP) is 3.64. The van der Waals surface area contributed by atoms with Crippen LogP contribution >= 0.6 is 0 Å². The summed E-state index contributed by atoms with van der Waals surface area (Å²) in [7, 11) is 0. The molecule has 0 radical (unpaired) electrons. The van der Waals surface area contributed by atoms with Crippen LogP contribution in [0.4, 0.5) is 0 Å². The van der Waals surface area contributed by atoms with Crippen LogP contribution in [0.15, 0.2) is 24.3 Å². The van der Waals surface area contributed by atoms with Crippen LogP contribution in [0.5, 0.6) is 0 Å². The third kappa shape index (κ3) is 2.20. The van der Waals surface area contributed by atoms with Crippen LogP contribution in [0.1, 0.15) is 33.5 Å². The van der Waals surface area contributed by atoms with E-state index in [0.717, 1.165) is 18.5 Å². The van der Waals surface area contributed by atoms with Gasteiger partial charge in [-0.25, -0.2) is 4.98 Å². The van der Waals surface area contributed by atoms with Gasteiger partial charge in [-0.05, 0) is 19.1 Å². The summed E-state index contributed by atoms with van der Waals surface area (Å²) in [5, 5.41) is 0. The maximum Gasteiger partial charge on any atom is 0.109 e. The van der Waals surface area contributed by atoms with Crippen LogP contribution in [0.2, 0.25) is 0 Å². The second kappa shape index (κ2) is 5.54. The van der Waals surface area contributed by atoms with Crippen LogP contribution < -0.4 is 0 Å². The average Bonchev–Trinajstić information content (AvgIpc) is 2.69. The first-order chi connectivity index (χ1) is 7.36. The molecule has 0 fully saturated rings. The minimum atomic E-state index is 1.00. The van der Waals surface area contributed by atoms with Crippen molar-refractivity contribution in [3.8, 4) is 0 Å². The second-order valence-electron chi connectivity index (χ2n) is 3.11. The summed E-state index contributed by atoms with van der Waals surface area (Å²) in [6.45, 7) is 9.31. The minimum Gasteiger partial charge on any atom is -0.328 e. The molecule has 2 rings (SSSR count). The number of hydrogen-bond donors (Lipinski definition) is 0. The Kier molecular flexibility index (Phi) is 4.35. The summed E-state index contributed by atoms with van der Waals surface area (Å²) in [4.78, 5) is 4.56. The van der Waals surface area contributed by atoms with Gasteiger partial charge in [0, 0.05) is 13.0 Å². The van der Waals surface area contributed by atoms with Crippen LogP contribution in [0.25, 0.3) is 11.0 Å². The van der Waals surface area contributed by atoms with Crippen LogP contribution in [0, 0.1) is 0 Å². The molecule has 0 N–H and O–H groups in total. The first kappa shape index (κ1) is 11.8. The van der Waals surface area contributed by atoms with Gasteiger partial charge in [-0.1, -0.05) is 32.9 Å². The molecule has 0 saturated heterocycles. The maximum absolute atomic E-state index is 4.56. The highest BCUT2D eigenvalue weighted by atomic mass is 15.1. The van der Waals surface area contributed by atoms with Crippen molar-refractivity contribution in [2.45, 2.75) is 40.7 Å². The Bertz CT molecular complexity index is 415. The van der Waals surface area contributed by atoms with Crippen molar-refractivity contribution in [3.05, 3.63) is 30.1 Å². The van der Waals surface area contributed by atoms with Gasteiger partial charge in [-0.2, -0.15) is 0 Å². The van der Waals surface area contributed by atoms with Gasteiger partial charge in [-0.3, -0.25) is 0 Å². The molecule has 2 aromatic rings. The summed E-state index contributed by atoms with van der Waals surface area (Å²) < 4.78 is 2.27. The molecule has 0 amide bonds. The van der Waals surface area contributed by atoms with Crippen molar-refractivity contribution in [2.75, 3.05) is 0 Å². The lowest BCUT2D eigenvalue weighted by Crippen LogP contribution is -1.99. The van der Waals surface area contributed by atoms with Crippen molar-refractivity contribution in [1.82, 2.24) is 9.55 Å². The quantitative estimate of drug-likeness (QED) is 0.730. The fourth-order valence-corrected chi connectivity index (χ4v) is 1.75. The fourth-order valence-electron chi connectivity index (χ4n) is 1.75. The van der Waals surface area contributed by atoms with E-state index < -0.39 is 0 Å². The number of aromatic nitrogens is 2. The van der Waals surface area contributed by atoms with Crippen molar-refractivity contribution in [1.29, 1.82) is 0 Å². The Hall–Kier alpha value is -1.31. The van der Waals surface area contributed by atoms with Gasteiger partial charge in [0.15, 0.2) is 0 Å². The van der Waals surface area contributed by atoms with Gasteiger partial charge >= 0.3 is 0 Å². The normalized spacial score (nSPS) is 9.87. The van der Waals surface area contributed by atoms with E-state index in [9.17, 15) is 0 Å². The molecule has 0 saturated carbocycles. The lowest BCUT2D eigenvalue weighted by atomic mass is 10.3. The zero-order valence-corrected chi connectivity index (χ0v) is 10.1. The average molecular weight is 204 g/mol. The monoisotopic (exact) mass is 204 g/mol. The van der Waals surface area contributed by atoms with Crippen molar-refractivity contribution in [3.63, 3.8) is 0 Å². The van der Waals surface area contributed by atoms with Crippen LogP contribution in [-0.4, -0.2) is 9.55 Å². The summed E-state index contributed by atoms with van der Waals surface area (Å²) >= 11 is 0. The minimum absolute atomic E-state index is 1.00. The van der Waals surface area contributed by atoms with E-state index in [1.54, 1.807) is 0 Å². The molecule has 0 unspecified atom stereocenters. The lowest BCUT2D eigenvalue weighted by Gasteiger charge is -2.02. The Morgan fingerprint density at radius 3 is 2.40 bits per heavy atom. The van der Waals surface area contributed by atoms with E-state index in [2.05, 4.69) is 41.6 Å². The second-order valence-corrected chi connectivity index (χ2v) is 3.11. The fraction of sp³-hybridized carbons (Fsp3) is 0.462. The molecule has 2 heteroatoms. The number of benzene rings is 1. The summed E-state index contributed by atoms with van der Waals surface area (Å²) in [6.07, 6.45) is 1.00. The third-order valence-corrected chi connectivity index (χ3v) is 2.37. The molecule has 82 valence electrons. The summed E-state index contributed by atoms with van der Waals surface area (Å²) in [6, 6.07) is 8.30. The van der Waals surface area contributed by atoms with E-state index in [-0.39, 0.29) is 0 Å². The molecule has 0 bridgehead atoms. The molecule has 0 atom stereocenters. The molecular weight excluding hydrogens is 184 g/mol. The number of imidazole rings is 1. The summed E-state index contributed by atoms with van der Waals surface area (Å²) in [5.74, 6) is 1.18. The molecule has 0 aliphatic heterocycles. The van der Waals surface area contributed by atoms with Gasteiger partial charge < -0.3 is 4.57 Å². The Morgan fingerprint density at radius 2 is 1.80 bits per heavy atom. The predicted molar refractivity (Wildman–Crippen MR) is 66.1 cm³/mol. The van der Waals surface area contributed by atoms with Gasteiger partial charge in [0.25, 0.3) is 0 Å². The number of hydrogen-bond acceptors (Lipinski definition) is 1. The van der Waals surface area contributed by atoms with Crippen molar-refractivity contribution in [2.24, 2.45) is 0 Å². The number of rotatable bonds is 2. The highest BCUT2D eigenvalue weighted by Gasteiger charge is 2.05. The van der Waals surface area contributed by atoms with E-state index in [4.69, 9.17) is 0 Å². The SMILES string of the molecule is CC.CCc1nc2ccccc2n1CC. The molecule has 15 heavy (non-hydrogen) atoms. The van der Waals surface area contributed by atoms with E-state index >= 15 is 0 Å². The van der Waals surface area contributed by atoms with Crippen LogP contribution in [-0.2, 0) is 13.0 Å². The van der Waals surface area contributed by atoms with Crippen molar-refractivity contribution < 1.29 is 0 Å². The van der Waals surface area contributed by atoms with Crippen molar-refractivity contribution >= 4 is 11.0 Å². The first-order valence-electron chi connectivity index (χ1n) is 5.81. The Labute approximate surface area is 91.9 Å². The standard InChI is InChI=1S/C11H14N2.C2H6/c1-3-11-12-9-7-5-6-8-10(9)13(11)4-2;1-2/h5-8H,3-4H2,1-2H3;1-2H3. The molecular formula is C13H20N2. The molecule has 1 aromatic heterocycles. The zero-order chi connectivity index (χ0) is 11.3. The smallest absolute Gasteiger partial charge is 0.109 e. The van der Waals surface area contributed by atoms with E-state index in [1.165, 1.54) is 11.3 Å². The molecule has 0 aliphatic rings. The zero-order valence-electron chi connectivity index (χ0n) is 10.1. The Morgan fingerprint density at radius 1 is 1.13 bits per heavy atom. The maximum atomic E-state index is 4.56. The largest absolute Gasteiger partial charge is 0.328 e. The van der Waals surface area contributed by atoms with Gasteiger partial charge in [0.1, 0.15) is 5.82 Å². The topological polar surface area (TPSA) is 17.8 Å². The number of nitrogens with zero attached hydrogens (tertiary/aromatic N) is 2. The van der Waals surface area contributed by atoms with Crippen LogP contribution in [0.3, 0.4) is 0 Å². The highest BCUT2D eigenvalue weighted by Crippen LogP contribution is 2.15. The molecule has 0 aliphatic carbocycles. The number of para-hydroxylation sites is 2. The Balaban J connectivity index is 0.000000531. The summed E-state index contributed by atoms with van der Waals surface area (Å²) in [5.41, 5.74) is 2.36. The molecule has 1 heterocycles. The molecule has 1 aromatic carbocycles. The molecule has 2 nitrogen and oxygen atoms in total. The number of fused-ring (bicyclic) bond motifs is 1. The van der Waals surface area contributed by atoms with Gasteiger partial charge in [0.2, 0.25) is 0 Å². The highest BCUT2D eigenvalue weighted by molar-refractivity contribution is 5.75. The lowest BCUT2D eigenvalue weighted by molar-refractivity contribution is 0.726. The first-order valence-corrected chi connectivity index (χ1v) is 5.81. The van der Waals surface area contributed by atoms with Gasteiger partial charge in [0.05, 0.1) is 11.0 Å². The number of aryl methyl sites for hydroxylation is 2.